The fraction of sp³-hybridized carbons (Fsp3) is 0.0833. The highest BCUT2D eigenvalue weighted by Crippen LogP contribution is 2.00. The molecule has 0 fully saturated rings. The summed E-state index contributed by atoms with van der Waals surface area (Å²) in [6, 6.07) is 9.81. The third-order valence-electron chi connectivity index (χ3n) is 1.57. The first-order valence-electron chi connectivity index (χ1n) is 4.33. The minimum Gasteiger partial charge on any atom is -0.452 e. The van der Waals surface area contributed by atoms with Crippen molar-refractivity contribution in [2.24, 2.45) is 0 Å². The Kier molecular flexibility index (Phi) is 5.56. The fourth-order valence-corrected chi connectivity index (χ4v) is 1.17. The lowest BCUT2D eigenvalue weighted by Gasteiger charge is -1.94. The molecule has 3 heteroatoms. The molecule has 0 aliphatic carbocycles. The van der Waals surface area contributed by atoms with E-state index in [1.165, 1.54) is 0 Å². The average Bonchev–Trinajstić information content (AvgIpc) is 2.26. The molecule has 0 amide bonds. The first-order valence-corrected chi connectivity index (χ1v) is 5.41. The summed E-state index contributed by atoms with van der Waals surface area (Å²) in [6.45, 7) is 0.249. The van der Waals surface area contributed by atoms with E-state index in [2.05, 4.69) is 9.85 Å². The van der Waals surface area contributed by atoms with Crippen molar-refractivity contribution in [1.29, 1.82) is 0 Å². The molecule has 0 radical (unpaired) electrons. The normalized spacial score (nSPS) is 9.40. The van der Waals surface area contributed by atoms with Gasteiger partial charge in [0.1, 0.15) is 6.61 Å². The van der Waals surface area contributed by atoms with Crippen LogP contribution in [-0.2, 0) is 9.53 Å². The lowest BCUT2D eigenvalue weighted by Crippen LogP contribution is -2.00. The highest BCUT2D eigenvalue weighted by Gasteiger charge is 1.92. The SMILES string of the molecule is O=C(C#CI)OC/C=C/c1ccccc1. The third kappa shape index (κ3) is 5.23. The molecule has 0 aliphatic heterocycles. The zero-order valence-corrected chi connectivity index (χ0v) is 10.1. The Hall–Kier alpha value is -1.28. The molecule has 0 spiro atoms. The molecule has 0 N–H and O–H groups in total. The van der Waals surface area contributed by atoms with E-state index in [0.29, 0.717) is 0 Å². The predicted molar refractivity (Wildman–Crippen MR) is 68.2 cm³/mol. The Labute approximate surface area is 102 Å². The number of ether oxygens (including phenoxy) is 1. The van der Waals surface area contributed by atoms with Crippen molar-refractivity contribution in [1.82, 2.24) is 0 Å². The number of hydrogen-bond acceptors (Lipinski definition) is 2. The topological polar surface area (TPSA) is 26.3 Å². The smallest absolute Gasteiger partial charge is 0.385 e. The summed E-state index contributed by atoms with van der Waals surface area (Å²) in [5, 5.41) is 0. The minimum absolute atomic E-state index is 0.249. The molecule has 76 valence electrons. The highest BCUT2D eigenvalue weighted by molar-refractivity contribution is 14.1. The Morgan fingerprint density at radius 3 is 2.80 bits per heavy atom. The quantitative estimate of drug-likeness (QED) is 0.487. The molecule has 1 rings (SSSR count). The van der Waals surface area contributed by atoms with Crippen LogP contribution in [0.1, 0.15) is 5.56 Å². The van der Waals surface area contributed by atoms with Gasteiger partial charge in [-0.2, -0.15) is 0 Å². The zero-order chi connectivity index (χ0) is 10.9. The van der Waals surface area contributed by atoms with Gasteiger partial charge in [-0.15, -0.1) is 0 Å². The predicted octanol–water partition coefficient (Wildman–Crippen LogP) is 2.64. The zero-order valence-electron chi connectivity index (χ0n) is 7.94. The molecule has 0 heterocycles. The number of carbonyl (C=O) groups is 1. The van der Waals surface area contributed by atoms with Gasteiger partial charge in [0.15, 0.2) is 0 Å². The van der Waals surface area contributed by atoms with Crippen LogP contribution in [0.5, 0.6) is 0 Å². The Bertz CT molecular complexity index is 399. The van der Waals surface area contributed by atoms with Crippen LogP contribution in [0.4, 0.5) is 0 Å². The lowest BCUT2D eigenvalue weighted by atomic mass is 10.2. The second-order valence-corrected chi connectivity index (χ2v) is 3.17. The van der Waals surface area contributed by atoms with Crippen molar-refractivity contribution in [3.63, 3.8) is 0 Å². The van der Waals surface area contributed by atoms with Crippen molar-refractivity contribution >= 4 is 34.6 Å². The van der Waals surface area contributed by atoms with Crippen molar-refractivity contribution in [2.75, 3.05) is 6.61 Å². The van der Waals surface area contributed by atoms with E-state index in [1.807, 2.05) is 36.4 Å². The largest absolute Gasteiger partial charge is 0.452 e. The molecule has 0 aliphatic rings. The molecule has 0 unspecified atom stereocenters. The summed E-state index contributed by atoms with van der Waals surface area (Å²) < 4.78 is 7.25. The van der Waals surface area contributed by atoms with E-state index in [9.17, 15) is 4.79 Å². The van der Waals surface area contributed by atoms with Gasteiger partial charge in [0.05, 0.1) is 0 Å². The molecule has 1 aromatic rings. The molecule has 0 bridgehead atoms. The second kappa shape index (κ2) is 7.07. The Balaban J connectivity index is 2.34. The van der Waals surface area contributed by atoms with Gasteiger partial charge in [0, 0.05) is 28.5 Å². The van der Waals surface area contributed by atoms with Crippen molar-refractivity contribution in [3.8, 4) is 9.85 Å². The number of rotatable bonds is 3. The highest BCUT2D eigenvalue weighted by atomic mass is 127. The molecule has 0 atom stereocenters. The van der Waals surface area contributed by atoms with Gasteiger partial charge in [-0.25, -0.2) is 4.79 Å². The minimum atomic E-state index is -0.498. The van der Waals surface area contributed by atoms with Gasteiger partial charge in [0.2, 0.25) is 0 Å². The van der Waals surface area contributed by atoms with Crippen LogP contribution in [0.25, 0.3) is 6.08 Å². The van der Waals surface area contributed by atoms with E-state index in [0.717, 1.165) is 5.56 Å². The maximum atomic E-state index is 10.8. The molecular weight excluding hydrogens is 303 g/mol. The Morgan fingerprint density at radius 2 is 2.13 bits per heavy atom. The van der Waals surface area contributed by atoms with Crippen molar-refractivity contribution in [2.45, 2.75) is 0 Å². The lowest BCUT2D eigenvalue weighted by molar-refractivity contribution is -0.135. The number of benzene rings is 1. The first-order chi connectivity index (χ1) is 7.33. The van der Waals surface area contributed by atoms with Gasteiger partial charge in [-0.3, -0.25) is 0 Å². The average molecular weight is 312 g/mol. The van der Waals surface area contributed by atoms with Crippen molar-refractivity contribution in [3.05, 3.63) is 42.0 Å². The van der Waals surface area contributed by atoms with Gasteiger partial charge >= 0.3 is 5.97 Å². The van der Waals surface area contributed by atoms with Crippen LogP contribution in [0, 0.1) is 9.85 Å². The molecule has 0 aromatic heterocycles. The fourth-order valence-electron chi connectivity index (χ4n) is 0.947. The van der Waals surface area contributed by atoms with Crippen LogP contribution in [0.2, 0.25) is 0 Å². The van der Waals surface area contributed by atoms with Crippen LogP contribution in [-0.4, -0.2) is 12.6 Å². The number of halogens is 1. The molecular formula is C12H9IO2. The molecule has 15 heavy (non-hydrogen) atoms. The van der Waals surface area contributed by atoms with Crippen LogP contribution < -0.4 is 0 Å². The van der Waals surface area contributed by atoms with Gasteiger partial charge in [-0.1, -0.05) is 36.4 Å². The summed E-state index contributed by atoms with van der Waals surface area (Å²) in [5.41, 5.74) is 1.08. The maximum absolute atomic E-state index is 10.8. The first kappa shape index (κ1) is 11.8. The molecule has 2 nitrogen and oxygen atoms in total. The van der Waals surface area contributed by atoms with Crippen LogP contribution in [0.3, 0.4) is 0 Å². The van der Waals surface area contributed by atoms with E-state index in [1.54, 1.807) is 28.7 Å². The summed E-state index contributed by atoms with van der Waals surface area (Å²) in [4.78, 5) is 10.8. The number of esters is 1. The summed E-state index contributed by atoms with van der Waals surface area (Å²) >= 11 is 1.79. The van der Waals surface area contributed by atoms with Gasteiger partial charge in [-0.05, 0) is 15.6 Å². The summed E-state index contributed by atoms with van der Waals surface area (Å²) in [7, 11) is 0. The molecule has 0 saturated heterocycles. The van der Waals surface area contributed by atoms with Gasteiger partial charge in [0.25, 0.3) is 0 Å². The monoisotopic (exact) mass is 312 g/mol. The Morgan fingerprint density at radius 1 is 1.40 bits per heavy atom. The maximum Gasteiger partial charge on any atom is 0.385 e. The van der Waals surface area contributed by atoms with E-state index in [-0.39, 0.29) is 6.61 Å². The molecule has 1 aromatic carbocycles. The number of carbonyl (C=O) groups excluding carboxylic acids is 1. The number of hydrogen-bond donors (Lipinski definition) is 0. The van der Waals surface area contributed by atoms with Crippen molar-refractivity contribution < 1.29 is 9.53 Å². The summed E-state index contributed by atoms with van der Waals surface area (Å²) in [5.74, 6) is 1.79. The van der Waals surface area contributed by atoms with Gasteiger partial charge < -0.3 is 4.74 Å². The standard InChI is InChI=1S/C12H9IO2/c13-9-8-12(14)15-10-4-7-11-5-2-1-3-6-11/h1-7H,10H2/b7-4+. The van der Waals surface area contributed by atoms with Crippen LogP contribution in [0.15, 0.2) is 36.4 Å². The van der Waals surface area contributed by atoms with Crippen LogP contribution >= 0.6 is 22.6 Å². The van der Waals surface area contributed by atoms with E-state index in [4.69, 9.17) is 4.74 Å². The summed E-state index contributed by atoms with van der Waals surface area (Å²) in [6.07, 6.45) is 3.67. The van der Waals surface area contributed by atoms with E-state index < -0.39 is 5.97 Å². The third-order valence-corrected chi connectivity index (χ3v) is 1.84. The molecule has 0 saturated carbocycles. The second-order valence-electron chi connectivity index (χ2n) is 2.63. The van der Waals surface area contributed by atoms with E-state index >= 15 is 0 Å².